The van der Waals surface area contributed by atoms with Gasteiger partial charge in [-0.05, 0) is 0 Å². The van der Waals surface area contributed by atoms with E-state index >= 15 is 0 Å². The predicted octanol–water partition coefficient (Wildman–Crippen LogP) is 1.19. The lowest BCUT2D eigenvalue weighted by molar-refractivity contribution is 0.162. The number of hydrogen-bond donors (Lipinski definition) is 2. The van der Waals surface area contributed by atoms with Gasteiger partial charge in [-0.2, -0.15) is 0 Å². The van der Waals surface area contributed by atoms with Crippen molar-refractivity contribution in [2.24, 2.45) is 0 Å². The second-order valence-corrected chi connectivity index (χ2v) is 1.92. The lowest BCUT2D eigenvalue weighted by atomic mass is 10.9. The zero-order valence-corrected chi connectivity index (χ0v) is 8.75. The molecule has 16 heavy (non-hydrogen) atoms. The number of alkyl carbamates (subject to hydrolysis) is 2. The van der Waals surface area contributed by atoms with E-state index in [-0.39, 0.29) is 21.5 Å². The summed E-state index contributed by atoms with van der Waals surface area (Å²) in [4.78, 5) is 20.7. The van der Waals surface area contributed by atoms with Crippen LogP contribution in [-0.2, 0) is 14.2 Å². The largest absolute Gasteiger partial charge is 0.453 e. The molecular formula is C9H24N2O5. The molecule has 0 fully saturated rings. The molecule has 0 aliphatic carbocycles. The number of carbonyl (C=O) groups is 2. The molecule has 0 aliphatic heterocycles. The first-order valence-electron chi connectivity index (χ1n) is 3.66. The van der Waals surface area contributed by atoms with Gasteiger partial charge in [-0.1, -0.05) is 14.9 Å². The summed E-state index contributed by atoms with van der Waals surface area (Å²) in [6.45, 7) is -0.0145. The van der Waals surface area contributed by atoms with Crippen LogP contribution in [0.1, 0.15) is 14.9 Å². The van der Waals surface area contributed by atoms with Gasteiger partial charge in [0, 0.05) is 14.2 Å². The minimum absolute atomic E-state index is 0. The van der Waals surface area contributed by atoms with E-state index < -0.39 is 12.2 Å². The van der Waals surface area contributed by atoms with Crippen LogP contribution in [0.25, 0.3) is 0 Å². The third kappa shape index (κ3) is 22.9. The molecule has 0 bridgehead atoms. The Balaban J connectivity index is -0.000000129. The first-order chi connectivity index (χ1) is 6.62. The number of ether oxygens (including phenoxy) is 3. The minimum Gasteiger partial charge on any atom is -0.453 e. The fourth-order valence-electron chi connectivity index (χ4n) is 0.333. The topological polar surface area (TPSA) is 85.9 Å². The molecule has 7 nitrogen and oxygen atoms in total. The molecule has 0 unspecified atom stereocenters. The van der Waals surface area contributed by atoms with E-state index in [4.69, 9.17) is 0 Å². The molecule has 0 aromatic carbocycles. The normalized spacial score (nSPS) is 6.75. The van der Waals surface area contributed by atoms with Crippen LogP contribution in [0.2, 0.25) is 0 Å². The van der Waals surface area contributed by atoms with Crippen LogP contribution >= 0.6 is 0 Å². The van der Waals surface area contributed by atoms with Crippen LogP contribution in [-0.4, -0.2) is 47.3 Å². The van der Waals surface area contributed by atoms with Crippen molar-refractivity contribution in [1.29, 1.82) is 0 Å². The third-order valence-corrected chi connectivity index (χ3v) is 0.836. The average molecular weight is 240 g/mol. The highest BCUT2D eigenvalue weighted by Gasteiger charge is 1.99. The van der Waals surface area contributed by atoms with Gasteiger partial charge in [0.15, 0.2) is 0 Å². The third-order valence-electron chi connectivity index (χ3n) is 0.836. The average Bonchev–Trinajstić information content (AvgIpc) is 2.18. The van der Waals surface area contributed by atoms with E-state index in [9.17, 15) is 9.59 Å². The number of methoxy groups -OCH3 is 3. The zero-order chi connectivity index (χ0) is 11.4. The van der Waals surface area contributed by atoms with Gasteiger partial charge >= 0.3 is 12.2 Å². The minimum atomic E-state index is -0.610. The Labute approximate surface area is 97.4 Å². The van der Waals surface area contributed by atoms with Crippen LogP contribution in [0.5, 0.6) is 0 Å². The highest BCUT2D eigenvalue weighted by molar-refractivity contribution is 5.69. The van der Waals surface area contributed by atoms with Gasteiger partial charge in [0.05, 0.1) is 20.9 Å². The Morgan fingerprint density at radius 2 is 1.12 bits per heavy atom. The van der Waals surface area contributed by atoms with E-state index in [1.165, 1.54) is 14.2 Å². The summed E-state index contributed by atoms with van der Waals surface area (Å²) in [5.41, 5.74) is 0. The Kier molecular flexibility index (Phi) is 28.7. The fourth-order valence-corrected chi connectivity index (χ4v) is 0.333. The van der Waals surface area contributed by atoms with Crippen molar-refractivity contribution in [3.8, 4) is 0 Å². The van der Waals surface area contributed by atoms with E-state index in [2.05, 4.69) is 24.8 Å². The van der Waals surface area contributed by atoms with Crippen LogP contribution in [0.3, 0.4) is 0 Å². The van der Waals surface area contributed by atoms with Gasteiger partial charge in [-0.3, -0.25) is 0 Å². The second-order valence-electron chi connectivity index (χ2n) is 1.92. The predicted molar refractivity (Wildman–Crippen MR) is 62.3 cm³/mol. The molecule has 0 aliphatic rings. The van der Waals surface area contributed by atoms with Crippen LogP contribution in [0.15, 0.2) is 0 Å². The molecule has 0 saturated heterocycles. The van der Waals surface area contributed by atoms with Gasteiger partial charge in [-0.25, -0.2) is 9.59 Å². The summed E-state index contributed by atoms with van der Waals surface area (Å²) < 4.78 is 12.7. The van der Waals surface area contributed by atoms with E-state index in [1.54, 1.807) is 14.2 Å². The SMILES string of the molecule is C.C.COC.COC(=O)NCNC(=O)OC. The van der Waals surface area contributed by atoms with Gasteiger partial charge in [0.25, 0.3) is 0 Å². The smallest absolute Gasteiger partial charge is 0.408 e. The molecule has 7 heteroatoms. The zero-order valence-electron chi connectivity index (χ0n) is 8.75. The standard InChI is InChI=1S/C5H10N2O4.C2H6O.2CH4/c1-10-4(8)6-3-7-5(9)11-2;1-3-2;;/h3H2,1-2H3,(H,6,8)(H,7,9);1-2H3;2*1H4. The summed E-state index contributed by atoms with van der Waals surface area (Å²) in [7, 11) is 5.71. The molecule has 0 rings (SSSR count). The van der Waals surface area contributed by atoms with Gasteiger partial charge < -0.3 is 24.8 Å². The Bertz CT molecular complexity index is 148. The van der Waals surface area contributed by atoms with E-state index in [1.807, 2.05) is 0 Å². The number of carbonyl (C=O) groups excluding carboxylic acids is 2. The molecule has 2 amide bonds. The summed E-state index contributed by atoms with van der Waals surface area (Å²) in [6, 6.07) is 0. The molecule has 0 spiro atoms. The number of amides is 2. The van der Waals surface area contributed by atoms with Crippen molar-refractivity contribution in [2.75, 3.05) is 35.1 Å². The molecule has 100 valence electrons. The van der Waals surface area contributed by atoms with Crippen molar-refractivity contribution in [3.63, 3.8) is 0 Å². The highest BCUT2D eigenvalue weighted by atomic mass is 16.5. The van der Waals surface area contributed by atoms with Crippen LogP contribution in [0.4, 0.5) is 9.59 Å². The fraction of sp³-hybridized carbons (Fsp3) is 0.778. The molecule has 0 atom stereocenters. The molecule has 2 N–H and O–H groups in total. The quantitative estimate of drug-likeness (QED) is 0.708. The second kappa shape index (κ2) is 19.1. The lowest BCUT2D eigenvalue weighted by Crippen LogP contribution is -2.36. The Hall–Kier alpha value is -1.50. The van der Waals surface area contributed by atoms with Gasteiger partial charge in [0.1, 0.15) is 0 Å². The lowest BCUT2D eigenvalue weighted by Gasteiger charge is -2.03. The molecule has 0 heterocycles. The maximum Gasteiger partial charge on any atom is 0.408 e. The Morgan fingerprint density at radius 1 is 0.875 bits per heavy atom. The van der Waals surface area contributed by atoms with Crippen LogP contribution < -0.4 is 10.6 Å². The van der Waals surface area contributed by atoms with Crippen molar-refractivity contribution in [2.45, 2.75) is 14.9 Å². The molecular weight excluding hydrogens is 216 g/mol. The summed E-state index contributed by atoms with van der Waals surface area (Å²) >= 11 is 0. The highest BCUT2D eigenvalue weighted by Crippen LogP contribution is 1.70. The Morgan fingerprint density at radius 3 is 1.31 bits per heavy atom. The first kappa shape index (κ1) is 24.0. The number of hydrogen-bond acceptors (Lipinski definition) is 5. The van der Waals surface area contributed by atoms with Crippen molar-refractivity contribution in [1.82, 2.24) is 10.6 Å². The van der Waals surface area contributed by atoms with Gasteiger partial charge in [0.2, 0.25) is 0 Å². The monoisotopic (exact) mass is 240 g/mol. The van der Waals surface area contributed by atoms with Crippen molar-refractivity contribution in [3.05, 3.63) is 0 Å². The molecule has 0 radical (unpaired) electrons. The van der Waals surface area contributed by atoms with E-state index in [0.29, 0.717) is 0 Å². The maximum atomic E-state index is 10.4. The summed E-state index contributed by atoms with van der Waals surface area (Å²) in [5, 5.41) is 4.45. The number of nitrogens with one attached hydrogen (secondary N) is 2. The number of rotatable bonds is 2. The molecule has 0 saturated carbocycles. The van der Waals surface area contributed by atoms with Crippen LogP contribution in [0, 0.1) is 0 Å². The summed E-state index contributed by atoms with van der Waals surface area (Å²) in [6.07, 6.45) is -1.22. The van der Waals surface area contributed by atoms with E-state index in [0.717, 1.165) is 0 Å². The maximum absolute atomic E-state index is 10.4. The summed E-state index contributed by atoms with van der Waals surface area (Å²) in [5.74, 6) is 0. The van der Waals surface area contributed by atoms with Crippen molar-refractivity contribution < 1.29 is 23.8 Å². The van der Waals surface area contributed by atoms with Gasteiger partial charge in [-0.15, -0.1) is 0 Å². The van der Waals surface area contributed by atoms with Crippen molar-refractivity contribution >= 4 is 12.2 Å². The molecule has 0 aromatic rings. The first-order valence-corrected chi connectivity index (χ1v) is 3.66. The molecule has 0 aromatic heterocycles.